The molecule has 4 heterocycles. The average Bonchev–Trinajstić information content (AvgIpc) is 3.42. The highest BCUT2D eigenvalue weighted by atomic mass is 19.1. The number of anilines is 1. The second kappa shape index (κ2) is 13.2. The summed E-state index contributed by atoms with van der Waals surface area (Å²) >= 11 is 0. The molecule has 2 saturated heterocycles. The summed E-state index contributed by atoms with van der Waals surface area (Å²) in [7, 11) is 1.37. The zero-order valence-electron chi connectivity index (χ0n) is 25.2. The predicted molar refractivity (Wildman–Crippen MR) is 165 cm³/mol. The molecular weight excluding hydrogens is 579 g/mol. The molecule has 0 spiro atoms. The number of methoxy groups -OCH3 is 1. The zero-order chi connectivity index (χ0) is 31.5. The Kier molecular flexibility index (Phi) is 8.93. The number of benzene rings is 2. The van der Waals surface area contributed by atoms with Gasteiger partial charge in [0, 0.05) is 37.9 Å². The number of aromatic nitrogens is 3. The summed E-state index contributed by atoms with van der Waals surface area (Å²) in [6.45, 7) is 12.2. The van der Waals surface area contributed by atoms with E-state index in [1.165, 1.54) is 13.2 Å². The van der Waals surface area contributed by atoms with E-state index in [1.54, 1.807) is 24.3 Å². The molecule has 4 aromatic rings. The summed E-state index contributed by atoms with van der Waals surface area (Å²) in [6, 6.07) is 14.8. The van der Waals surface area contributed by atoms with E-state index in [2.05, 4.69) is 31.1 Å². The van der Waals surface area contributed by atoms with Gasteiger partial charge in [-0.25, -0.2) is 19.0 Å². The summed E-state index contributed by atoms with van der Waals surface area (Å²) in [6.07, 6.45) is 1.04. The summed E-state index contributed by atoms with van der Waals surface area (Å²) in [5, 5.41) is 10.5. The van der Waals surface area contributed by atoms with Crippen LogP contribution in [-0.2, 0) is 22.6 Å². The molecule has 2 fully saturated rings. The van der Waals surface area contributed by atoms with Crippen LogP contribution in [0, 0.1) is 12.4 Å². The molecule has 0 aliphatic carbocycles. The fourth-order valence-corrected chi connectivity index (χ4v) is 5.96. The average molecular weight is 615 g/mol. The molecule has 12 heteroatoms. The van der Waals surface area contributed by atoms with Crippen molar-refractivity contribution >= 4 is 28.5 Å². The molecule has 11 nitrogen and oxygen atoms in total. The van der Waals surface area contributed by atoms with E-state index in [4.69, 9.17) is 25.8 Å². The molecule has 2 aromatic heterocycles. The quantitative estimate of drug-likeness (QED) is 0.204. The summed E-state index contributed by atoms with van der Waals surface area (Å²) in [5.74, 6) is 1.01. The lowest BCUT2D eigenvalue weighted by atomic mass is 10.1. The van der Waals surface area contributed by atoms with Crippen LogP contribution in [0.3, 0.4) is 0 Å². The monoisotopic (exact) mass is 614 g/mol. The van der Waals surface area contributed by atoms with Crippen molar-refractivity contribution in [2.75, 3.05) is 44.9 Å². The van der Waals surface area contributed by atoms with Crippen LogP contribution in [0.15, 0.2) is 54.6 Å². The lowest BCUT2D eigenvalue weighted by Crippen LogP contribution is -2.55. The van der Waals surface area contributed by atoms with Gasteiger partial charge in [-0.2, -0.15) is 4.98 Å². The minimum Gasteiger partial charge on any atom is -0.473 e. The number of aliphatic hydroxyl groups is 1. The highest BCUT2D eigenvalue weighted by Gasteiger charge is 2.34. The van der Waals surface area contributed by atoms with Crippen molar-refractivity contribution in [1.29, 1.82) is 0 Å². The van der Waals surface area contributed by atoms with Crippen LogP contribution in [0.25, 0.3) is 15.9 Å². The zero-order valence-corrected chi connectivity index (χ0v) is 25.2. The molecule has 0 bridgehead atoms. The molecule has 234 valence electrons. The van der Waals surface area contributed by atoms with E-state index in [1.807, 2.05) is 24.3 Å². The van der Waals surface area contributed by atoms with Crippen LogP contribution in [0.4, 0.5) is 15.9 Å². The Morgan fingerprint density at radius 1 is 1.20 bits per heavy atom. The van der Waals surface area contributed by atoms with E-state index in [-0.39, 0.29) is 37.1 Å². The Hall–Kier alpha value is -4.57. The smallest absolute Gasteiger partial charge is 0.337 e. The van der Waals surface area contributed by atoms with Gasteiger partial charge in [-0.3, -0.25) is 4.90 Å². The molecule has 0 radical (unpaired) electrons. The van der Waals surface area contributed by atoms with Gasteiger partial charge in [0.05, 0.1) is 61.6 Å². The lowest BCUT2D eigenvalue weighted by molar-refractivity contribution is -0.0596. The molecule has 6 rings (SSSR count). The van der Waals surface area contributed by atoms with Crippen molar-refractivity contribution in [1.82, 2.24) is 19.4 Å². The number of carbonyl (C=O) groups is 1. The maximum Gasteiger partial charge on any atom is 0.337 e. The lowest BCUT2D eigenvalue weighted by Gasteiger charge is -2.44. The molecule has 2 aliphatic rings. The second-order valence-corrected chi connectivity index (χ2v) is 11.3. The Labute approximate surface area is 260 Å². The van der Waals surface area contributed by atoms with E-state index in [0.29, 0.717) is 49.0 Å². The third-order valence-corrected chi connectivity index (χ3v) is 8.56. The summed E-state index contributed by atoms with van der Waals surface area (Å²) < 4.78 is 33.0. The number of pyridine rings is 1. The number of imidazole rings is 1. The molecule has 2 aliphatic heterocycles. The molecule has 0 unspecified atom stereocenters. The third kappa shape index (κ3) is 6.33. The minimum absolute atomic E-state index is 0.0147. The number of hydrogen-bond donors (Lipinski definition) is 1. The van der Waals surface area contributed by atoms with Gasteiger partial charge in [0.1, 0.15) is 24.1 Å². The predicted octanol–water partition coefficient (Wildman–Crippen LogP) is 4.52. The number of nitrogens with zero attached hydrogens (tertiary/aromatic N) is 6. The molecule has 1 N–H and O–H groups in total. The van der Waals surface area contributed by atoms with Crippen LogP contribution in [-0.4, -0.2) is 82.6 Å². The first-order valence-electron chi connectivity index (χ1n) is 15.0. The van der Waals surface area contributed by atoms with Gasteiger partial charge in [0.2, 0.25) is 5.88 Å². The highest BCUT2D eigenvalue weighted by molar-refractivity contribution is 5.93. The number of hydrogen-bond acceptors (Lipinski definition) is 9. The normalized spacial score (nSPS) is 19.1. The van der Waals surface area contributed by atoms with Crippen molar-refractivity contribution in [3.8, 4) is 5.88 Å². The van der Waals surface area contributed by atoms with E-state index in [0.717, 1.165) is 29.9 Å². The van der Waals surface area contributed by atoms with Crippen molar-refractivity contribution in [3.63, 3.8) is 0 Å². The van der Waals surface area contributed by atoms with Gasteiger partial charge >= 0.3 is 5.97 Å². The van der Waals surface area contributed by atoms with Gasteiger partial charge in [-0.15, -0.1) is 0 Å². The van der Waals surface area contributed by atoms with Crippen LogP contribution in [0.2, 0.25) is 0 Å². The van der Waals surface area contributed by atoms with Gasteiger partial charge < -0.3 is 28.8 Å². The van der Waals surface area contributed by atoms with Crippen LogP contribution in [0.1, 0.15) is 41.1 Å². The Morgan fingerprint density at radius 3 is 2.76 bits per heavy atom. The standard InChI is InChI=1S/C33H35FN6O5/c1-21(32-36-28-10-8-22(33(42)43-3)15-29(28)40(32)18-26-11-14-44-26)39-13-12-38(17-25(39)19-41)30-5-4-6-31(37-30)45-20-23-7-9-24(35-2)16-27(23)34/h4-10,15-16,21,25-26,41H,11-14,17-20H2,1,3H3/t21-,25+,26-/m0/s1. The van der Waals surface area contributed by atoms with Crippen LogP contribution in [0.5, 0.6) is 5.88 Å². The fourth-order valence-electron chi connectivity index (χ4n) is 5.96. The number of esters is 1. The first kappa shape index (κ1) is 30.5. The third-order valence-electron chi connectivity index (χ3n) is 8.56. The molecule has 2 aromatic carbocycles. The van der Waals surface area contributed by atoms with E-state index >= 15 is 0 Å². The van der Waals surface area contributed by atoms with Gasteiger partial charge in [0.15, 0.2) is 5.69 Å². The first-order chi connectivity index (χ1) is 21.9. The van der Waals surface area contributed by atoms with E-state index < -0.39 is 11.8 Å². The maximum atomic E-state index is 14.3. The molecule has 45 heavy (non-hydrogen) atoms. The molecule has 0 amide bonds. The fraction of sp³-hybridized carbons (Fsp3) is 0.394. The van der Waals surface area contributed by atoms with Gasteiger partial charge in [-0.05, 0) is 43.7 Å². The van der Waals surface area contributed by atoms with E-state index in [9.17, 15) is 14.3 Å². The molecular formula is C33H35FN6O5. The minimum atomic E-state index is -0.492. The first-order valence-corrected chi connectivity index (χ1v) is 15.0. The summed E-state index contributed by atoms with van der Waals surface area (Å²) in [4.78, 5) is 29.5. The maximum absolute atomic E-state index is 14.3. The molecule has 3 atom stereocenters. The van der Waals surface area contributed by atoms with Crippen molar-refractivity contribution < 1.29 is 28.5 Å². The Bertz CT molecular complexity index is 1730. The number of ether oxygens (including phenoxy) is 3. The largest absolute Gasteiger partial charge is 0.473 e. The second-order valence-electron chi connectivity index (χ2n) is 11.3. The topological polar surface area (TPSA) is 107 Å². The number of halogens is 1. The number of rotatable bonds is 10. The van der Waals surface area contributed by atoms with Crippen molar-refractivity contribution in [2.45, 2.75) is 44.7 Å². The van der Waals surface area contributed by atoms with Crippen molar-refractivity contribution in [3.05, 3.63) is 88.8 Å². The number of aliphatic hydroxyl groups excluding tert-OH is 1. The van der Waals surface area contributed by atoms with Crippen LogP contribution >= 0.6 is 0 Å². The number of fused-ring (bicyclic) bond motifs is 1. The summed E-state index contributed by atoms with van der Waals surface area (Å²) in [5.41, 5.74) is 2.67. The Morgan fingerprint density at radius 2 is 2.04 bits per heavy atom. The van der Waals surface area contributed by atoms with Crippen molar-refractivity contribution in [2.24, 2.45) is 0 Å². The SMILES string of the molecule is [C-]#[N+]c1ccc(COc2cccc(N3CCN([C@@H](C)c4nc5ccc(C(=O)OC)cc5n4C[C@@H]4CCO4)[C@@H](CO)C3)n2)c(F)c1. The number of piperazine rings is 1. The Balaban J connectivity index is 1.19. The van der Waals surface area contributed by atoms with Gasteiger partial charge in [-0.1, -0.05) is 18.2 Å². The van der Waals surface area contributed by atoms with Crippen LogP contribution < -0.4 is 9.64 Å². The van der Waals surface area contributed by atoms with Gasteiger partial charge in [0.25, 0.3) is 0 Å². The highest BCUT2D eigenvalue weighted by Crippen LogP contribution is 2.31. The molecule has 0 saturated carbocycles. The number of carbonyl (C=O) groups excluding carboxylic acids is 1.